The third-order valence-corrected chi connectivity index (χ3v) is 2.68. The average Bonchev–Trinajstić information content (AvgIpc) is 2.22. The van der Waals surface area contributed by atoms with E-state index in [1.54, 1.807) is 41.5 Å². The number of aliphatic hydroxyl groups excluding tert-OH is 1. The maximum absolute atomic E-state index is 11.6. The third-order valence-electron chi connectivity index (χ3n) is 2.68. The van der Waals surface area contributed by atoms with Crippen LogP contribution in [0.25, 0.3) is 0 Å². The van der Waals surface area contributed by atoms with Gasteiger partial charge in [0.25, 0.3) is 0 Å². The van der Waals surface area contributed by atoms with Crippen LogP contribution in [-0.4, -0.2) is 57.6 Å². The van der Waals surface area contributed by atoms with Crippen molar-refractivity contribution in [2.45, 2.75) is 65.1 Å². The highest BCUT2D eigenvalue weighted by Crippen LogP contribution is 2.14. The molecule has 0 rings (SSSR count). The minimum absolute atomic E-state index is 0.208. The number of aliphatic hydroxyl groups is 1. The fraction of sp³-hybridized carbons (Fsp3) is 0.857. The van der Waals surface area contributed by atoms with Gasteiger partial charge in [-0.15, -0.1) is 0 Å². The number of amides is 2. The highest BCUT2D eigenvalue weighted by Gasteiger charge is 2.27. The lowest BCUT2D eigenvalue weighted by atomic mass is 10.1. The molecule has 0 aliphatic heterocycles. The van der Waals surface area contributed by atoms with Gasteiger partial charge in [0.05, 0.1) is 12.6 Å². The predicted molar refractivity (Wildman–Crippen MR) is 79.3 cm³/mol. The molecule has 2 amide bonds. The SMILES string of the molecule is CC(C)(C)OC(=O)N[C@H](CO)CCN(C(=O)O)C(C)(C)C. The zero-order chi connectivity index (χ0) is 16.8. The molecule has 0 saturated heterocycles. The molecule has 0 aliphatic carbocycles. The lowest BCUT2D eigenvalue weighted by Crippen LogP contribution is -2.48. The van der Waals surface area contributed by atoms with Crippen LogP contribution in [0.3, 0.4) is 0 Å². The standard InChI is InChI=1S/C14H28N2O5/c1-13(2,3)16(12(19)20)8-7-10(9-17)15-11(18)21-14(4,5)6/h10,17H,7-9H2,1-6H3,(H,15,18)(H,19,20)/t10-/m0/s1. The van der Waals surface area contributed by atoms with E-state index in [9.17, 15) is 19.8 Å². The van der Waals surface area contributed by atoms with E-state index in [0.717, 1.165) is 0 Å². The molecule has 21 heavy (non-hydrogen) atoms. The first-order chi connectivity index (χ1) is 9.36. The number of alkyl carbamates (subject to hydrolysis) is 1. The van der Waals surface area contributed by atoms with Crippen molar-refractivity contribution in [3.8, 4) is 0 Å². The van der Waals surface area contributed by atoms with Crippen molar-refractivity contribution in [1.29, 1.82) is 0 Å². The van der Waals surface area contributed by atoms with Crippen molar-refractivity contribution >= 4 is 12.2 Å². The van der Waals surface area contributed by atoms with Gasteiger partial charge in [0.2, 0.25) is 0 Å². The Labute approximate surface area is 126 Å². The molecular formula is C14H28N2O5. The Morgan fingerprint density at radius 3 is 2.05 bits per heavy atom. The number of carboxylic acid groups (broad SMARTS) is 1. The zero-order valence-corrected chi connectivity index (χ0v) is 13.8. The number of nitrogens with zero attached hydrogens (tertiary/aromatic N) is 1. The lowest BCUT2D eigenvalue weighted by molar-refractivity contribution is 0.0468. The molecule has 7 heteroatoms. The summed E-state index contributed by atoms with van der Waals surface area (Å²) in [6.45, 7) is 10.5. The Morgan fingerprint density at radius 2 is 1.71 bits per heavy atom. The van der Waals surface area contributed by atoms with Gasteiger partial charge >= 0.3 is 12.2 Å². The normalized spacial score (nSPS) is 13.5. The molecule has 0 unspecified atom stereocenters. The second kappa shape index (κ2) is 7.49. The first kappa shape index (κ1) is 19.5. The molecule has 0 aromatic heterocycles. The molecule has 0 spiro atoms. The van der Waals surface area contributed by atoms with Crippen LogP contribution < -0.4 is 5.32 Å². The van der Waals surface area contributed by atoms with E-state index in [-0.39, 0.29) is 13.2 Å². The first-order valence-corrected chi connectivity index (χ1v) is 6.97. The van der Waals surface area contributed by atoms with Crippen molar-refractivity contribution in [1.82, 2.24) is 10.2 Å². The van der Waals surface area contributed by atoms with Crippen LogP contribution in [-0.2, 0) is 4.74 Å². The van der Waals surface area contributed by atoms with Gasteiger partial charge in [-0.1, -0.05) is 0 Å². The Bertz CT molecular complexity index is 357. The van der Waals surface area contributed by atoms with E-state index in [1.807, 2.05) is 0 Å². The van der Waals surface area contributed by atoms with Crippen LogP contribution in [0.2, 0.25) is 0 Å². The lowest BCUT2D eigenvalue weighted by Gasteiger charge is -2.34. The summed E-state index contributed by atoms with van der Waals surface area (Å²) in [5.74, 6) is 0. The van der Waals surface area contributed by atoms with Gasteiger partial charge in [-0.3, -0.25) is 0 Å². The predicted octanol–water partition coefficient (Wildman–Crippen LogP) is 2.04. The molecule has 1 atom stereocenters. The van der Waals surface area contributed by atoms with E-state index < -0.39 is 29.4 Å². The molecule has 0 saturated carbocycles. The number of carbonyl (C=O) groups excluding carboxylic acids is 1. The van der Waals surface area contributed by atoms with Crippen LogP contribution in [0, 0.1) is 0 Å². The molecule has 0 heterocycles. The number of hydrogen-bond donors (Lipinski definition) is 3. The van der Waals surface area contributed by atoms with E-state index in [0.29, 0.717) is 6.42 Å². The van der Waals surface area contributed by atoms with Gasteiger partial charge in [-0.2, -0.15) is 0 Å². The monoisotopic (exact) mass is 304 g/mol. The van der Waals surface area contributed by atoms with Crippen LogP contribution in [0.1, 0.15) is 48.0 Å². The summed E-state index contributed by atoms with van der Waals surface area (Å²) in [7, 11) is 0. The van der Waals surface area contributed by atoms with Crippen LogP contribution in [0.4, 0.5) is 9.59 Å². The average molecular weight is 304 g/mol. The Hall–Kier alpha value is -1.50. The molecule has 0 bridgehead atoms. The minimum atomic E-state index is -1.03. The van der Waals surface area contributed by atoms with E-state index in [1.165, 1.54) is 4.90 Å². The summed E-state index contributed by atoms with van der Waals surface area (Å²) in [6, 6.07) is -0.552. The van der Waals surface area contributed by atoms with Crippen molar-refractivity contribution in [2.24, 2.45) is 0 Å². The summed E-state index contributed by atoms with van der Waals surface area (Å²) in [6.07, 6.45) is -1.35. The zero-order valence-electron chi connectivity index (χ0n) is 13.8. The topological polar surface area (TPSA) is 99.1 Å². The largest absolute Gasteiger partial charge is 0.465 e. The summed E-state index contributed by atoms with van der Waals surface area (Å²) >= 11 is 0. The molecule has 3 N–H and O–H groups in total. The maximum atomic E-state index is 11.6. The molecule has 0 aromatic carbocycles. The van der Waals surface area contributed by atoms with Gasteiger partial charge in [0, 0.05) is 12.1 Å². The second-order valence-electron chi connectivity index (χ2n) is 6.92. The van der Waals surface area contributed by atoms with Gasteiger partial charge in [0.1, 0.15) is 5.60 Å². The van der Waals surface area contributed by atoms with Crippen LogP contribution in [0.15, 0.2) is 0 Å². The highest BCUT2D eigenvalue weighted by atomic mass is 16.6. The Balaban J connectivity index is 4.51. The fourth-order valence-electron chi connectivity index (χ4n) is 1.69. The highest BCUT2D eigenvalue weighted by molar-refractivity contribution is 5.68. The fourth-order valence-corrected chi connectivity index (χ4v) is 1.69. The molecule has 0 fully saturated rings. The summed E-state index contributed by atoms with van der Waals surface area (Å²) in [4.78, 5) is 24.1. The molecule has 0 radical (unpaired) electrons. The third kappa shape index (κ3) is 8.39. The summed E-state index contributed by atoms with van der Waals surface area (Å²) in [5.41, 5.74) is -1.17. The van der Waals surface area contributed by atoms with E-state index >= 15 is 0 Å². The van der Waals surface area contributed by atoms with Crippen LogP contribution >= 0.6 is 0 Å². The molecular weight excluding hydrogens is 276 g/mol. The summed E-state index contributed by atoms with van der Waals surface area (Å²) in [5, 5.41) is 21.0. The number of ether oxygens (including phenoxy) is 1. The van der Waals surface area contributed by atoms with E-state index in [4.69, 9.17) is 4.74 Å². The van der Waals surface area contributed by atoms with Crippen molar-refractivity contribution in [2.75, 3.05) is 13.2 Å². The number of hydrogen-bond acceptors (Lipinski definition) is 4. The van der Waals surface area contributed by atoms with E-state index in [2.05, 4.69) is 5.32 Å². The van der Waals surface area contributed by atoms with Gasteiger partial charge in [0.15, 0.2) is 0 Å². The second-order valence-corrected chi connectivity index (χ2v) is 6.92. The molecule has 0 aliphatic rings. The van der Waals surface area contributed by atoms with Crippen LogP contribution in [0.5, 0.6) is 0 Å². The van der Waals surface area contributed by atoms with Crippen molar-refractivity contribution in [3.05, 3.63) is 0 Å². The first-order valence-electron chi connectivity index (χ1n) is 6.97. The molecule has 7 nitrogen and oxygen atoms in total. The van der Waals surface area contributed by atoms with Gasteiger partial charge < -0.3 is 25.2 Å². The number of nitrogens with one attached hydrogen (secondary N) is 1. The molecule has 124 valence electrons. The van der Waals surface area contributed by atoms with Gasteiger partial charge in [-0.25, -0.2) is 9.59 Å². The maximum Gasteiger partial charge on any atom is 0.407 e. The Morgan fingerprint density at radius 1 is 1.19 bits per heavy atom. The van der Waals surface area contributed by atoms with Crippen molar-refractivity contribution < 1.29 is 24.5 Å². The minimum Gasteiger partial charge on any atom is -0.465 e. The smallest absolute Gasteiger partial charge is 0.407 e. The Kier molecular flexibility index (Phi) is 6.96. The van der Waals surface area contributed by atoms with Crippen molar-refractivity contribution in [3.63, 3.8) is 0 Å². The number of carbonyl (C=O) groups is 2. The van der Waals surface area contributed by atoms with Gasteiger partial charge in [-0.05, 0) is 48.0 Å². The number of rotatable bonds is 5. The summed E-state index contributed by atoms with van der Waals surface area (Å²) < 4.78 is 5.10. The molecule has 0 aromatic rings. The quantitative estimate of drug-likeness (QED) is 0.722.